The van der Waals surface area contributed by atoms with Gasteiger partial charge in [0.2, 0.25) is 5.88 Å². The lowest BCUT2D eigenvalue weighted by atomic mass is 10.3. The van der Waals surface area contributed by atoms with Crippen LogP contribution in [0.1, 0.15) is 16.9 Å². The molecule has 7 nitrogen and oxygen atoms in total. The van der Waals surface area contributed by atoms with E-state index in [4.69, 9.17) is 4.74 Å². The molecule has 1 saturated heterocycles. The number of thiophene rings is 1. The van der Waals surface area contributed by atoms with Crippen molar-refractivity contribution in [2.75, 3.05) is 13.1 Å². The van der Waals surface area contributed by atoms with Crippen LogP contribution in [-0.2, 0) is 0 Å². The second kappa shape index (κ2) is 6.40. The number of rotatable bonds is 4. The second-order valence-corrected chi connectivity index (χ2v) is 6.42. The number of aromatic amines is 1. The summed E-state index contributed by atoms with van der Waals surface area (Å²) >= 11 is 1.61. The predicted molar refractivity (Wildman–Crippen MR) is 88.9 cm³/mol. The summed E-state index contributed by atoms with van der Waals surface area (Å²) in [4.78, 5) is 23.3. The number of hydrogen-bond donors (Lipinski definition) is 1. The van der Waals surface area contributed by atoms with Crippen LogP contribution in [0.4, 0.5) is 0 Å². The first-order valence-corrected chi connectivity index (χ1v) is 8.49. The highest BCUT2D eigenvalue weighted by Crippen LogP contribution is 2.24. The van der Waals surface area contributed by atoms with Crippen molar-refractivity contribution < 1.29 is 9.53 Å². The van der Waals surface area contributed by atoms with E-state index >= 15 is 0 Å². The van der Waals surface area contributed by atoms with Gasteiger partial charge in [0.1, 0.15) is 12.4 Å². The smallest absolute Gasteiger partial charge is 0.274 e. The number of aromatic nitrogens is 4. The van der Waals surface area contributed by atoms with Crippen LogP contribution in [0.25, 0.3) is 10.6 Å². The topological polar surface area (TPSA) is 84.0 Å². The van der Waals surface area contributed by atoms with E-state index in [2.05, 4.69) is 20.2 Å². The van der Waals surface area contributed by atoms with Gasteiger partial charge in [-0.2, -0.15) is 5.10 Å². The number of nitrogens with one attached hydrogen (secondary N) is 1. The molecular formula is C16H15N5O2S. The van der Waals surface area contributed by atoms with Crippen molar-refractivity contribution in [2.24, 2.45) is 0 Å². The summed E-state index contributed by atoms with van der Waals surface area (Å²) in [5, 5.41) is 9.08. The Bertz CT molecular complexity index is 818. The third-order valence-corrected chi connectivity index (χ3v) is 4.76. The molecule has 1 unspecified atom stereocenters. The molecule has 0 spiro atoms. The SMILES string of the molecule is O=C(c1cc(-c2cccs2)[nH]n1)N1CCC(Oc2ccncn2)C1. The zero-order valence-corrected chi connectivity index (χ0v) is 13.6. The van der Waals surface area contributed by atoms with Crippen LogP contribution in [0.2, 0.25) is 0 Å². The minimum absolute atomic E-state index is 0.0560. The standard InChI is InChI=1S/C16H15N5O2S/c22-16(13-8-12(19-20-13)14-2-1-7-24-14)21-6-4-11(9-21)23-15-3-5-17-10-18-15/h1-3,5,7-8,10-11H,4,6,9H2,(H,19,20). The molecule has 1 N–H and O–H groups in total. The van der Waals surface area contributed by atoms with E-state index in [1.807, 2.05) is 17.5 Å². The third-order valence-electron chi connectivity index (χ3n) is 3.86. The van der Waals surface area contributed by atoms with Crippen LogP contribution < -0.4 is 4.74 Å². The highest BCUT2D eigenvalue weighted by molar-refractivity contribution is 7.13. The average molecular weight is 341 g/mol. The van der Waals surface area contributed by atoms with Gasteiger partial charge in [-0.15, -0.1) is 11.3 Å². The van der Waals surface area contributed by atoms with Gasteiger partial charge in [0.15, 0.2) is 5.69 Å². The van der Waals surface area contributed by atoms with Crippen molar-refractivity contribution in [3.63, 3.8) is 0 Å². The summed E-state index contributed by atoms with van der Waals surface area (Å²) in [5.74, 6) is 0.451. The number of ether oxygens (including phenoxy) is 1. The minimum atomic E-state index is -0.0807. The first-order chi connectivity index (χ1) is 11.8. The van der Waals surface area contributed by atoms with E-state index in [1.165, 1.54) is 6.33 Å². The Hall–Kier alpha value is -2.74. The molecule has 0 radical (unpaired) electrons. The Kier molecular flexibility index (Phi) is 3.96. The van der Waals surface area contributed by atoms with Crippen LogP contribution in [0.3, 0.4) is 0 Å². The summed E-state index contributed by atoms with van der Waals surface area (Å²) in [6.07, 6.45) is 3.80. The predicted octanol–water partition coefficient (Wildman–Crippen LogP) is 2.22. The lowest BCUT2D eigenvalue weighted by Crippen LogP contribution is -2.31. The van der Waals surface area contributed by atoms with E-state index in [0.717, 1.165) is 17.0 Å². The molecule has 0 aromatic carbocycles. The van der Waals surface area contributed by atoms with Crippen molar-refractivity contribution >= 4 is 17.2 Å². The van der Waals surface area contributed by atoms with Crippen LogP contribution in [0.5, 0.6) is 5.88 Å². The highest BCUT2D eigenvalue weighted by atomic mass is 32.1. The fraction of sp³-hybridized carbons (Fsp3) is 0.250. The molecule has 4 rings (SSSR count). The Labute approximate surface area is 142 Å². The van der Waals surface area contributed by atoms with Crippen LogP contribution in [0, 0.1) is 0 Å². The number of carbonyl (C=O) groups excluding carboxylic acids is 1. The fourth-order valence-corrected chi connectivity index (χ4v) is 3.37. The minimum Gasteiger partial charge on any atom is -0.472 e. The summed E-state index contributed by atoms with van der Waals surface area (Å²) in [6, 6.07) is 7.48. The van der Waals surface area contributed by atoms with Crippen molar-refractivity contribution in [3.05, 3.63) is 47.9 Å². The van der Waals surface area contributed by atoms with Crippen molar-refractivity contribution in [3.8, 4) is 16.5 Å². The maximum absolute atomic E-state index is 12.6. The molecular weight excluding hydrogens is 326 g/mol. The molecule has 1 fully saturated rings. The quantitative estimate of drug-likeness (QED) is 0.786. The summed E-state index contributed by atoms with van der Waals surface area (Å²) in [6.45, 7) is 1.18. The number of nitrogens with zero attached hydrogens (tertiary/aromatic N) is 4. The van der Waals surface area contributed by atoms with Crippen LogP contribution >= 0.6 is 11.3 Å². The summed E-state index contributed by atoms with van der Waals surface area (Å²) in [7, 11) is 0. The number of likely N-dealkylation sites (tertiary alicyclic amines) is 1. The molecule has 24 heavy (non-hydrogen) atoms. The first kappa shape index (κ1) is 14.8. The highest BCUT2D eigenvalue weighted by Gasteiger charge is 2.29. The van der Waals surface area contributed by atoms with Crippen LogP contribution in [0.15, 0.2) is 42.2 Å². The number of carbonyl (C=O) groups is 1. The number of H-pyrrole nitrogens is 1. The molecule has 1 aliphatic rings. The molecule has 4 heterocycles. The average Bonchev–Trinajstić information content (AvgIpc) is 3.36. The molecule has 0 aliphatic carbocycles. The Morgan fingerprint density at radius 3 is 3.17 bits per heavy atom. The Morgan fingerprint density at radius 2 is 2.38 bits per heavy atom. The second-order valence-electron chi connectivity index (χ2n) is 5.47. The van der Waals surface area contributed by atoms with E-state index < -0.39 is 0 Å². The molecule has 3 aromatic heterocycles. The van der Waals surface area contributed by atoms with Crippen LogP contribution in [-0.4, -0.2) is 50.2 Å². The van der Waals surface area contributed by atoms with Crippen molar-refractivity contribution in [1.82, 2.24) is 25.1 Å². The van der Waals surface area contributed by atoms with Crippen molar-refractivity contribution in [2.45, 2.75) is 12.5 Å². The normalized spacial score (nSPS) is 17.2. The first-order valence-electron chi connectivity index (χ1n) is 7.61. The largest absolute Gasteiger partial charge is 0.472 e. The molecule has 122 valence electrons. The van der Waals surface area contributed by atoms with Crippen molar-refractivity contribution in [1.29, 1.82) is 0 Å². The van der Waals surface area contributed by atoms with Gasteiger partial charge in [0.05, 0.1) is 17.1 Å². The van der Waals surface area contributed by atoms with Gasteiger partial charge in [0.25, 0.3) is 5.91 Å². The van der Waals surface area contributed by atoms with E-state index in [1.54, 1.807) is 34.6 Å². The van der Waals surface area contributed by atoms with E-state index in [9.17, 15) is 4.79 Å². The fourth-order valence-electron chi connectivity index (χ4n) is 2.68. The lowest BCUT2D eigenvalue weighted by Gasteiger charge is -2.15. The monoisotopic (exact) mass is 341 g/mol. The number of amides is 1. The van der Waals surface area contributed by atoms with E-state index in [-0.39, 0.29) is 12.0 Å². The van der Waals surface area contributed by atoms with Gasteiger partial charge in [0, 0.05) is 25.2 Å². The molecule has 3 aromatic rings. The maximum Gasteiger partial charge on any atom is 0.274 e. The molecule has 0 saturated carbocycles. The van der Waals surface area contributed by atoms with Gasteiger partial charge in [-0.25, -0.2) is 9.97 Å². The molecule has 0 bridgehead atoms. The molecule has 1 amide bonds. The molecule has 1 atom stereocenters. The lowest BCUT2D eigenvalue weighted by molar-refractivity contribution is 0.0765. The summed E-state index contributed by atoms with van der Waals surface area (Å²) < 4.78 is 5.78. The van der Waals surface area contributed by atoms with E-state index in [0.29, 0.717) is 24.7 Å². The van der Waals surface area contributed by atoms with Gasteiger partial charge in [-0.3, -0.25) is 9.89 Å². The third kappa shape index (κ3) is 3.00. The van der Waals surface area contributed by atoms with Gasteiger partial charge in [-0.1, -0.05) is 6.07 Å². The zero-order chi connectivity index (χ0) is 16.4. The van der Waals surface area contributed by atoms with Gasteiger partial charge >= 0.3 is 0 Å². The number of hydrogen-bond acceptors (Lipinski definition) is 6. The Balaban J connectivity index is 1.41. The summed E-state index contributed by atoms with van der Waals surface area (Å²) in [5.41, 5.74) is 1.29. The Morgan fingerprint density at radius 1 is 1.42 bits per heavy atom. The molecule has 8 heteroatoms. The maximum atomic E-state index is 12.6. The molecule has 1 aliphatic heterocycles. The van der Waals surface area contributed by atoms with Gasteiger partial charge < -0.3 is 9.64 Å². The zero-order valence-electron chi connectivity index (χ0n) is 12.8. The van der Waals surface area contributed by atoms with Gasteiger partial charge in [-0.05, 0) is 17.5 Å².